The molecule has 3 rings (SSSR count). The van der Waals surface area contributed by atoms with Gasteiger partial charge in [-0.3, -0.25) is 9.48 Å². The van der Waals surface area contributed by atoms with Gasteiger partial charge in [-0.2, -0.15) is 10.2 Å². The summed E-state index contributed by atoms with van der Waals surface area (Å²) >= 11 is 0. The van der Waals surface area contributed by atoms with E-state index in [9.17, 15) is 4.79 Å². The molecule has 120 valence electrons. The summed E-state index contributed by atoms with van der Waals surface area (Å²) in [7, 11) is 1.86. The molecule has 1 atom stereocenters. The molecule has 0 saturated heterocycles. The van der Waals surface area contributed by atoms with E-state index >= 15 is 0 Å². The highest BCUT2D eigenvalue weighted by atomic mass is 16.2. The minimum Gasteiger partial charge on any atom is -0.275 e. The highest BCUT2D eigenvalue weighted by Crippen LogP contribution is 2.27. The standard InChI is InChI=1S/C18H22N4O/c1-12(2)14-5-7-15(8-6-14)13(3)22-18(23)9-17(20-22)16-10-19-21(4)11-16/h5-8,10-13H,9H2,1-4H3. The maximum Gasteiger partial charge on any atom is 0.249 e. The lowest BCUT2D eigenvalue weighted by Gasteiger charge is -2.21. The molecule has 1 amide bonds. The van der Waals surface area contributed by atoms with E-state index in [0.717, 1.165) is 16.8 Å². The van der Waals surface area contributed by atoms with Crippen LogP contribution in [0.25, 0.3) is 0 Å². The highest BCUT2D eigenvalue weighted by Gasteiger charge is 2.29. The lowest BCUT2D eigenvalue weighted by atomic mass is 9.99. The second kappa shape index (κ2) is 5.99. The maximum absolute atomic E-state index is 12.3. The second-order valence-corrected chi connectivity index (χ2v) is 6.36. The van der Waals surface area contributed by atoms with Crippen LogP contribution in [0.4, 0.5) is 0 Å². The molecule has 0 radical (unpaired) electrons. The number of benzene rings is 1. The number of aryl methyl sites for hydroxylation is 1. The molecule has 5 heteroatoms. The van der Waals surface area contributed by atoms with Gasteiger partial charge in [-0.15, -0.1) is 0 Å². The number of carbonyl (C=O) groups is 1. The molecule has 0 spiro atoms. The number of hydrogen-bond donors (Lipinski definition) is 0. The third-order valence-electron chi connectivity index (χ3n) is 4.29. The Morgan fingerprint density at radius 1 is 1.09 bits per heavy atom. The largest absolute Gasteiger partial charge is 0.275 e. The van der Waals surface area contributed by atoms with Crippen LogP contribution < -0.4 is 0 Å². The molecule has 1 aromatic carbocycles. The van der Waals surface area contributed by atoms with Gasteiger partial charge in [0.2, 0.25) is 5.91 Å². The fourth-order valence-corrected chi connectivity index (χ4v) is 2.78. The Morgan fingerprint density at radius 2 is 1.74 bits per heavy atom. The summed E-state index contributed by atoms with van der Waals surface area (Å²) in [6.45, 7) is 6.36. The van der Waals surface area contributed by atoms with Crippen LogP contribution >= 0.6 is 0 Å². The molecular weight excluding hydrogens is 288 g/mol. The van der Waals surface area contributed by atoms with Gasteiger partial charge in [0.05, 0.1) is 24.4 Å². The number of nitrogens with zero attached hydrogens (tertiary/aromatic N) is 4. The van der Waals surface area contributed by atoms with Crippen LogP contribution in [0, 0.1) is 0 Å². The van der Waals surface area contributed by atoms with Crippen molar-refractivity contribution in [3.8, 4) is 0 Å². The fourth-order valence-electron chi connectivity index (χ4n) is 2.78. The molecule has 23 heavy (non-hydrogen) atoms. The normalized spacial score (nSPS) is 16.1. The Hall–Kier alpha value is -2.43. The summed E-state index contributed by atoms with van der Waals surface area (Å²) in [5, 5.41) is 10.3. The van der Waals surface area contributed by atoms with Gasteiger partial charge >= 0.3 is 0 Å². The first-order valence-corrected chi connectivity index (χ1v) is 7.94. The van der Waals surface area contributed by atoms with Crippen LogP contribution in [0.3, 0.4) is 0 Å². The first kappa shape index (κ1) is 15.5. The highest BCUT2D eigenvalue weighted by molar-refractivity contribution is 6.13. The fraction of sp³-hybridized carbons (Fsp3) is 0.389. The molecule has 1 aliphatic heterocycles. The smallest absolute Gasteiger partial charge is 0.249 e. The van der Waals surface area contributed by atoms with Gasteiger partial charge in [-0.05, 0) is 24.0 Å². The molecule has 2 heterocycles. The molecule has 1 aromatic heterocycles. The van der Waals surface area contributed by atoms with E-state index in [2.05, 4.69) is 48.3 Å². The van der Waals surface area contributed by atoms with Gasteiger partial charge in [-0.25, -0.2) is 5.01 Å². The van der Waals surface area contributed by atoms with E-state index < -0.39 is 0 Å². The number of hydrazone groups is 1. The predicted molar refractivity (Wildman–Crippen MR) is 90.2 cm³/mol. The van der Waals surface area contributed by atoms with Crippen molar-refractivity contribution in [1.82, 2.24) is 14.8 Å². The lowest BCUT2D eigenvalue weighted by Crippen LogP contribution is -2.24. The summed E-state index contributed by atoms with van der Waals surface area (Å²) in [4.78, 5) is 12.3. The molecule has 1 aliphatic rings. The molecule has 0 aliphatic carbocycles. The van der Waals surface area contributed by atoms with Crippen molar-refractivity contribution in [2.75, 3.05) is 0 Å². The summed E-state index contributed by atoms with van der Waals surface area (Å²) in [5.41, 5.74) is 4.09. The topological polar surface area (TPSA) is 50.5 Å². The number of amides is 1. The number of aromatic nitrogens is 2. The Morgan fingerprint density at radius 3 is 2.30 bits per heavy atom. The Kier molecular flexibility index (Phi) is 4.03. The molecule has 0 bridgehead atoms. The van der Waals surface area contributed by atoms with Crippen molar-refractivity contribution in [3.63, 3.8) is 0 Å². The molecule has 2 aromatic rings. The molecule has 0 fully saturated rings. The maximum atomic E-state index is 12.3. The van der Waals surface area contributed by atoms with Crippen LogP contribution in [-0.2, 0) is 11.8 Å². The first-order valence-electron chi connectivity index (χ1n) is 7.94. The van der Waals surface area contributed by atoms with E-state index in [1.54, 1.807) is 15.9 Å². The zero-order valence-electron chi connectivity index (χ0n) is 14.0. The van der Waals surface area contributed by atoms with Crippen molar-refractivity contribution in [1.29, 1.82) is 0 Å². The van der Waals surface area contributed by atoms with Crippen molar-refractivity contribution in [2.45, 2.75) is 39.2 Å². The molecule has 0 N–H and O–H groups in total. The van der Waals surface area contributed by atoms with Gasteiger partial charge in [0.1, 0.15) is 0 Å². The van der Waals surface area contributed by atoms with Crippen LogP contribution in [0.2, 0.25) is 0 Å². The van der Waals surface area contributed by atoms with Crippen molar-refractivity contribution in [2.24, 2.45) is 12.1 Å². The summed E-state index contributed by atoms with van der Waals surface area (Å²) in [6, 6.07) is 8.36. The van der Waals surface area contributed by atoms with E-state index in [1.165, 1.54) is 5.56 Å². The molecule has 0 saturated carbocycles. The minimum atomic E-state index is -0.0714. The average molecular weight is 310 g/mol. The SMILES string of the molecule is CC(C)c1ccc(C(C)N2N=C(c3cnn(C)c3)CC2=O)cc1. The van der Waals surface area contributed by atoms with Crippen LogP contribution in [0.1, 0.15) is 55.8 Å². The Labute approximate surface area is 136 Å². The number of hydrogen-bond acceptors (Lipinski definition) is 3. The number of carbonyl (C=O) groups excluding carboxylic acids is 1. The molecular formula is C18H22N4O. The average Bonchev–Trinajstić information content (AvgIpc) is 3.12. The Balaban J connectivity index is 1.82. The summed E-state index contributed by atoms with van der Waals surface area (Å²) < 4.78 is 1.72. The van der Waals surface area contributed by atoms with E-state index in [-0.39, 0.29) is 11.9 Å². The van der Waals surface area contributed by atoms with Gasteiger partial charge < -0.3 is 0 Å². The number of rotatable bonds is 4. The zero-order valence-corrected chi connectivity index (χ0v) is 14.0. The molecule has 1 unspecified atom stereocenters. The van der Waals surface area contributed by atoms with Crippen LogP contribution in [0.15, 0.2) is 41.8 Å². The Bertz CT molecular complexity index is 743. The first-order chi connectivity index (χ1) is 11.0. The lowest BCUT2D eigenvalue weighted by molar-refractivity contribution is -0.130. The van der Waals surface area contributed by atoms with Crippen molar-refractivity contribution >= 4 is 11.6 Å². The third-order valence-corrected chi connectivity index (χ3v) is 4.29. The minimum absolute atomic E-state index is 0.0317. The van der Waals surface area contributed by atoms with E-state index in [1.807, 2.05) is 20.2 Å². The van der Waals surface area contributed by atoms with Gasteiger partial charge in [0.15, 0.2) is 0 Å². The predicted octanol–water partition coefficient (Wildman–Crippen LogP) is 3.24. The zero-order chi connectivity index (χ0) is 16.6. The van der Waals surface area contributed by atoms with Gasteiger partial charge in [0.25, 0.3) is 0 Å². The summed E-state index contributed by atoms with van der Waals surface area (Å²) in [6.07, 6.45) is 3.97. The van der Waals surface area contributed by atoms with Crippen molar-refractivity contribution in [3.05, 3.63) is 53.3 Å². The van der Waals surface area contributed by atoms with E-state index in [0.29, 0.717) is 12.3 Å². The molecule has 5 nitrogen and oxygen atoms in total. The summed E-state index contributed by atoms with van der Waals surface area (Å²) in [5.74, 6) is 0.535. The van der Waals surface area contributed by atoms with Crippen LogP contribution in [-0.4, -0.2) is 26.4 Å². The third kappa shape index (κ3) is 3.04. The van der Waals surface area contributed by atoms with E-state index in [4.69, 9.17) is 0 Å². The quantitative estimate of drug-likeness (QED) is 0.870. The second-order valence-electron chi connectivity index (χ2n) is 6.36. The monoisotopic (exact) mass is 310 g/mol. The van der Waals surface area contributed by atoms with Crippen LogP contribution in [0.5, 0.6) is 0 Å². The van der Waals surface area contributed by atoms with Gasteiger partial charge in [-0.1, -0.05) is 38.1 Å². The van der Waals surface area contributed by atoms with Crippen molar-refractivity contribution < 1.29 is 4.79 Å². The van der Waals surface area contributed by atoms with Gasteiger partial charge in [0, 0.05) is 18.8 Å².